The Balaban J connectivity index is 1.29. The van der Waals surface area contributed by atoms with Gasteiger partial charge in [-0.15, -0.1) is 16.4 Å². The quantitative estimate of drug-likeness (QED) is 0.863. The van der Waals surface area contributed by atoms with Gasteiger partial charge in [0, 0.05) is 49.9 Å². The van der Waals surface area contributed by atoms with Crippen molar-refractivity contribution < 1.29 is 9.59 Å². The van der Waals surface area contributed by atoms with Crippen molar-refractivity contribution in [1.29, 1.82) is 0 Å². The van der Waals surface area contributed by atoms with E-state index in [0.29, 0.717) is 11.7 Å². The van der Waals surface area contributed by atoms with E-state index in [1.165, 1.54) is 11.3 Å². The van der Waals surface area contributed by atoms with Gasteiger partial charge in [0.2, 0.25) is 11.8 Å². The number of hydrogen-bond donors (Lipinski definition) is 1. The molecule has 2 saturated heterocycles. The Bertz CT molecular complexity index is 761. The fraction of sp³-hybridized carbons (Fsp3) is 0.471. The average Bonchev–Trinajstić information content (AvgIpc) is 3.32. The van der Waals surface area contributed by atoms with Crippen molar-refractivity contribution in [2.24, 2.45) is 5.92 Å². The van der Waals surface area contributed by atoms with Gasteiger partial charge in [0.05, 0.1) is 5.92 Å². The van der Waals surface area contributed by atoms with Gasteiger partial charge in [0.25, 0.3) is 0 Å². The van der Waals surface area contributed by atoms with Crippen LogP contribution in [0.3, 0.4) is 0 Å². The number of carbonyl (C=O) groups is 2. The minimum atomic E-state index is -0.301. The monoisotopic (exact) mass is 372 g/mol. The highest BCUT2D eigenvalue weighted by molar-refractivity contribution is 7.13. The molecule has 0 bridgehead atoms. The molecule has 26 heavy (non-hydrogen) atoms. The first-order chi connectivity index (χ1) is 12.7. The van der Waals surface area contributed by atoms with Crippen molar-refractivity contribution in [3.8, 4) is 0 Å². The zero-order valence-corrected chi connectivity index (χ0v) is 15.1. The third-order valence-corrected chi connectivity index (χ3v) is 5.66. The van der Waals surface area contributed by atoms with Crippen molar-refractivity contribution in [2.75, 3.05) is 29.4 Å². The largest absolute Gasteiger partial charge is 0.355 e. The fourth-order valence-corrected chi connectivity index (χ4v) is 4.12. The lowest BCUT2D eigenvalue weighted by Crippen LogP contribution is -2.47. The summed E-state index contributed by atoms with van der Waals surface area (Å²) >= 11 is 1.42. The number of piperidine rings is 1. The molecule has 0 aliphatic carbocycles. The molecule has 0 aromatic carbocycles. The number of rotatable bonds is 4. The van der Waals surface area contributed by atoms with E-state index in [-0.39, 0.29) is 30.2 Å². The van der Waals surface area contributed by atoms with E-state index in [1.54, 1.807) is 17.3 Å². The van der Waals surface area contributed by atoms with Crippen LogP contribution in [-0.4, -0.2) is 52.7 Å². The third-order valence-electron chi connectivity index (χ3n) is 4.87. The van der Waals surface area contributed by atoms with Crippen LogP contribution in [0.1, 0.15) is 19.3 Å². The van der Waals surface area contributed by atoms with Crippen LogP contribution < -0.4 is 15.1 Å². The van der Waals surface area contributed by atoms with Crippen molar-refractivity contribution >= 4 is 34.1 Å². The number of anilines is 2. The average molecular weight is 372 g/mol. The SMILES string of the molecule is O=C(NC1CCN(c2cccnn2)CC1)C1CC(=O)N(c2nccs2)C1. The smallest absolute Gasteiger partial charge is 0.229 e. The van der Waals surface area contributed by atoms with Crippen molar-refractivity contribution in [2.45, 2.75) is 25.3 Å². The van der Waals surface area contributed by atoms with Crippen LogP contribution in [0, 0.1) is 5.92 Å². The second kappa shape index (κ2) is 7.36. The van der Waals surface area contributed by atoms with Crippen LogP contribution >= 0.6 is 11.3 Å². The molecule has 2 aromatic heterocycles. The summed E-state index contributed by atoms with van der Waals surface area (Å²) in [5.74, 6) is 0.509. The molecule has 2 fully saturated rings. The Morgan fingerprint density at radius 1 is 1.27 bits per heavy atom. The highest BCUT2D eigenvalue weighted by atomic mass is 32.1. The van der Waals surface area contributed by atoms with E-state index in [9.17, 15) is 9.59 Å². The maximum atomic E-state index is 12.6. The minimum absolute atomic E-state index is 0.0300. The minimum Gasteiger partial charge on any atom is -0.355 e. The third kappa shape index (κ3) is 3.52. The van der Waals surface area contributed by atoms with Crippen LogP contribution in [0.15, 0.2) is 29.9 Å². The van der Waals surface area contributed by atoms with Gasteiger partial charge in [0.1, 0.15) is 0 Å². The van der Waals surface area contributed by atoms with Crippen LogP contribution in [-0.2, 0) is 9.59 Å². The predicted octanol–water partition coefficient (Wildman–Crippen LogP) is 1.07. The van der Waals surface area contributed by atoms with Gasteiger partial charge in [0.15, 0.2) is 10.9 Å². The Hall–Kier alpha value is -2.55. The van der Waals surface area contributed by atoms with Gasteiger partial charge >= 0.3 is 0 Å². The number of hydrogen-bond acceptors (Lipinski definition) is 7. The summed E-state index contributed by atoms with van der Waals surface area (Å²) in [7, 11) is 0. The summed E-state index contributed by atoms with van der Waals surface area (Å²) in [6, 6.07) is 3.96. The molecule has 2 aliphatic rings. The van der Waals surface area contributed by atoms with E-state index in [0.717, 1.165) is 31.7 Å². The van der Waals surface area contributed by atoms with E-state index >= 15 is 0 Å². The van der Waals surface area contributed by atoms with E-state index < -0.39 is 0 Å². The molecule has 2 aliphatic heterocycles. The fourth-order valence-electron chi connectivity index (χ4n) is 3.45. The second-order valence-corrected chi connectivity index (χ2v) is 7.44. The number of thiazole rings is 1. The summed E-state index contributed by atoms with van der Waals surface area (Å²) in [4.78, 5) is 32.7. The Morgan fingerprint density at radius 3 is 2.81 bits per heavy atom. The van der Waals surface area contributed by atoms with Crippen molar-refractivity contribution in [1.82, 2.24) is 20.5 Å². The summed E-state index contributed by atoms with van der Waals surface area (Å²) < 4.78 is 0. The normalized spacial score (nSPS) is 21.2. The molecule has 4 heterocycles. The van der Waals surface area contributed by atoms with E-state index in [2.05, 4.69) is 25.4 Å². The molecular weight excluding hydrogens is 352 g/mol. The van der Waals surface area contributed by atoms with E-state index in [1.807, 2.05) is 17.5 Å². The molecular formula is C17H20N6O2S. The van der Waals surface area contributed by atoms with Crippen LogP contribution in [0.25, 0.3) is 0 Å². The van der Waals surface area contributed by atoms with Crippen LogP contribution in [0.4, 0.5) is 10.9 Å². The molecule has 1 unspecified atom stereocenters. The second-order valence-electron chi connectivity index (χ2n) is 6.57. The number of amides is 2. The Kier molecular flexibility index (Phi) is 4.79. The summed E-state index contributed by atoms with van der Waals surface area (Å²) in [6.45, 7) is 2.08. The zero-order chi connectivity index (χ0) is 17.9. The molecule has 0 saturated carbocycles. The highest BCUT2D eigenvalue weighted by Crippen LogP contribution is 2.27. The van der Waals surface area contributed by atoms with Gasteiger partial charge in [-0.25, -0.2) is 4.98 Å². The van der Waals surface area contributed by atoms with Crippen LogP contribution in [0.2, 0.25) is 0 Å². The standard InChI is InChI=1S/C17H20N6O2S/c24-15-10-12(11-23(15)17-18-6-9-26-17)16(25)20-13-3-7-22(8-4-13)14-2-1-5-19-21-14/h1-2,5-6,9,12-13H,3-4,7-8,10-11H2,(H,20,25). The topological polar surface area (TPSA) is 91.3 Å². The molecule has 8 nitrogen and oxygen atoms in total. The molecule has 0 spiro atoms. The lowest BCUT2D eigenvalue weighted by molar-refractivity contribution is -0.127. The number of aromatic nitrogens is 3. The Morgan fingerprint density at radius 2 is 2.12 bits per heavy atom. The Labute approximate surface area is 155 Å². The number of nitrogens with one attached hydrogen (secondary N) is 1. The molecule has 1 atom stereocenters. The first kappa shape index (κ1) is 16.9. The molecule has 1 N–H and O–H groups in total. The number of nitrogens with zero attached hydrogens (tertiary/aromatic N) is 5. The van der Waals surface area contributed by atoms with Crippen molar-refractivity contribution in [3.05, 3.63) is 29.9 Å². The van der Waals surface area contributed by atoms with Gasteiger partial charge in [-0.05, 0) is 25.0 Å². The molecule has 4 rings (SSSR count). The molecule has 0 radical (unpaired) electrons. The van der Waals surface area contributed by atoms with Crippen molar-refractivity contribution in [3.63, 3.8) is 0 Å². The first-order valence-electron chi connectivity index (χ1n) is 8.73. The summed E-state index contributed by atoms with van der Waals surface area (Å²) in [5, 5.41) is 13.7. The summed E-state index contributed by atoms with van der Waals surface area (Å²) in [5.41, 5.74) is 0. The van der Waals surface area contributed by atoms with Gasteiger partial charge in [-0.1, -0.05) is 0 Å². The molecule has 2 amide bonds. The first-order valence-corrected chi connectivity index (χ1v) is 9.61. The zero-order valence-electron chi connectivity index (χ0n) is 14.2. The predicted molar refractivity (Wildman–Crippen MR) is 98.0 cm³/mol. The molecule has 9 heteroatoms. The highest BCUT2D eigenvalue weighted by Gasteiger charge is 2.37. The van der Waals surface area contributed by atoms with Gasteiger partial charge < -0.3 is 10.2 Å². The summed E-state index contributed by atoms with van der Waals surface area (Å²) in [6.07, 6.45) is 5.31. The molecule has 2 aromatic rings. The maximum Gasteiger partial charge on any atom is 0.229 e. The van der Waals surface area contributed by atoms with Gasteiger partial charge in [-0.2, -0.15) is 5.10 Å². The maximum absolute atomic E-state index is 12.6. The number of carbonyl (C=O) groups excluding carboxylic acids is 2. The van der Waals surface area contributed by atoms with Gasteiger partial charge in [-0.3, -0.25) is 14.5 Å². The lowest BCUT2D eigenvalue weighted by atomic mass is 10.0. The van der Waals surface area contributed by atoms with Crippen LogP contribution in [0.5, 0.6) is 0 Å². The molecule has 136 valence electrons. The lowest BCUT2D eigenvalue weighted by Gasteiger charge is -2.33. The van der Waals surface area contributed by atoms with E-state index in [4.69, 9.17) is 0 Å².